The lowest BCUT2D eigenvalue weighted by atomic mass is 10.1. The van der Waals surface area contributed by atoms with Gasteiger partial charge in [-0.15, -0.1) is 16.8 Å². The van der Waals surface area contributed by atoms with E-state index in [-0.39, 0.29) is 18.2 Å². The van der Waals surface area contributed by atoms with E-state index in [0.717, 1.165) is 16.6 Å². The lowest BCUT2D eigenvalue weighted by Gasteiger charge is -2.09. The Hall–Kier alpha value is -3.41. The van der Waals surface area contributed by atoms with Crippen molar-refractivity contribution in [3.8, 4) is 11.6 Å². The number of amides is 1. The van der Waals surface area contributed by atoms with Crippen LogP contribution in [0.1, 0.15) is 11.1 Å². The quantitative estimate of drug-likeness (QED) is 0.503. The summed E-state index contributed by atoms with van der Waals surface area (Å²) in [5.41, 5.74) is 2.95. The second kappa shape index (κ2) is 7.86. The van der Waals surface area contributed by atoms with Crippen LogP contribution in [-0.4, -0.2) is 22.2 Å². The highest BCUT2D eigenvalue weighted by Crippen LogP contribution is 2.38. The molecule has 3 aromatic rings. The summed E-state index contributed by atoms with van der Waals surface area (Å²) in [6.45, 7) is 7.73. The Morgan fingerprint density at radius 1 is 1.19 bits per heavy atom. The first-order valence-corrected chi connectivity index (χ1v) is 8.57. The number of hydrogen-bond donors (Lipinski definition) is 1. The van der Waals surface area contributed by atoms with Crippen LogP contribution in [0.3, 0.4) is 0 Å². The topological polar surface area (TPSA) is 76.2 Å². The van der Waals surface area contributed by atoms with Gasteiger partial charge in [0, 0.05) is 11.9 Å². The first kappa shape index (κ1) is 18.4. The fourth-order valence-corrected chi connectivity index (χ4v) is 2.98. The number of aryl methyl sites for hydroxylation is 2. The van der Waals surface area contributed by atoms with Crippen molar-refractivity contribution in [2.45, 2.75) is 20.4 Å². The van der Waals surface area contributed by atoms with Gasteiger partial charge >= 0.3 is 5.91 Å². The Labute approximate surface area is 157 Å². The summed E-state index contributed by atoms with van der Waals surface area (Å²) < 4.78 is 7.26. The summed E-state index contributed by atoms with van der Waals surface area (Å²) in [5.74, 6) is 0.0902. The number of benzene rings is 2. The van der Waals surface area contributed by atoms with Gasteiger partial charge in [-0.2, -0.15) is 0 Å². The van der Waals surface area contributed by atoms with Crippen molar-refractivity contribution < 1.29 is 14.6 Å². The number of rotatable bonds is 6. The zero-order chi connectivity index (χ0) is 19.4. The van der Waals surface area contributed by atoms with Crippen LogP contribution in [0.2, 0.25) is 0 Å². The number of nitrogens with zero attached hydrogens (tertiary/aromatic N) is 3. The van der Waals surface area contributed by atoms with Crippen molar-refractivity contribution in [3.63, 3.8) is 0 Å². The second-order valence-electron chi connectivity index (χ2n) is 6.19. The Morgan fingerprint density at radius 3 is 2.59 bits per heavy atom. The fraction of sp³-hybridized carbons (Fsp3) is 0.190. The molecule has 1 amide bonds. The molecule has 0 bridgehead atoms. The fourth-order valence-electron chi connectivity index (χ4n) is 2.98. The van der Waals surface area contributed by atoms with E-state index in [4.69, 9.17) is 4.74 Å². The number of aromatic hydroxyl groups is 1. The van der Waals surface area contributed by atoms with Crippen molar-refractivity contribution in [2.24, 2.45) is 10.2 Å². The summed E-state index contributed by atoms with van der Waals surface area (Å²) >= 11 is 0. The van der Waals surface area contributed by atoms with Gasteiger partial charge < -0.3 is 14.4 Å². The minimum absolute atomic E-state index is 0.0525. The zero-order valence-electron chi connectivity index (χ0n) is 15.3. The van der Waals surface area contributed by atoms with Crippen LogP contribution in [0.15, 0.2) is 65.3 Å². The van der Waals surface area contributed by atoms with Crippen LogP contribution in [-0.2, 0) is 11.3 Å². The number of fused-ring (bicyclic) bond motifs is 1. The van der Waals surface area contributed by atoms with Gasteiger partial charge in [-0.1, -0.05) is 42.5 Å². The number of hydrogen-bond acceptors (Lipinski definition) is 4. The molecule has 0 aliphatic carbocycles. The van der Waals surface area contributed by atoms with Crippen LogP contribution >= 0.6 is 0 Å². The highest BCUT2D eigenvalue weighted by atomic mass is 16.5. The predicted molar refractivity (Wildman–Crippen MR) is 105 cm³/mol. The van der Waals surface area contributed by atoms with Crippen LogP contribution in [0.4, 0.5) is 5.69 Å². The van der Waals surface area contributed by atoms with Gasteiger partial charge in [-0.25, -0.2) is 0 Å². The molecule has 0 fully saturated rings. The molecule has 0 atom stereocenters. The van der Waals surface area contributed by atoms with E-state index in [1.807, 2.05) is 56.3 Å². The third-order valence-corrected chi connectivity index (χ3v) is 4.24. The standard InChI is InChI=1S/C21H21N3O3/c1-4-12-24-17-11-6-5-10-16(17)19(21(24)26)23-22-18(25)13-27-20-14(2)8-7-9-15(20)3/h4-11,26H,1,12-13H2,2-3H3. The number of allylic oxidation sites excluding steroid dienone is 1. The summed E-state index contributed by atoms with van der Waals surface area (Å²) in [6, 6.07) is 13.2. The van der Waals surface area contributed by atoms with E-state index in [2.05, 4.69) is 16.8 Å². The summed E-state index contributed by atoms with van der Waals surface area (Å²) in [4.78, 5) is 12.1. The molecule has 0 radical (unpaired) electrons. The van der Waals surface area contributed by atoms with Crippen LogP contribution in [0, 0.1) is 13.8 Å². The van der Waals surface area contributed by atoms with E-state index >= 15 is 0 Å². The highest BCUT2D eigenvalue weighted by Gasteiger charge is 2.16. The van der Waals surface area contributed by atoms with Gasteiger partial charge in [0.15, 0.2) is 12.3 Å². The van der Waals surface area contributed by atoms with Crippen LogP contribution < -0.4 is 4.74 Å². The second-order valence-corrected chi connectivity index (χ2v) is 6.19. The van der Waals surface area contributed by atoms with Gasteiger partial charge in [0.25, 0.3) is 0 Å². The van der Waals surface area contributed by atoms with Gasteiger partial charge in [-0.3, -0.25) is 4.79 Å². The molecule has 0 aliphatic rings. The normalized spacial score (nSPS) is 11.2. The van der Waals surface area contributed by atoms with E-state index in [1.54, 1.807) is 10.6 Å². The molecule has 1 heterocycles. The number of carbonyl (C=O) groups excluding carboxylic acids is 1. The number of aromatic nitrogens is 1. The van der Waals surface area contributed by atoms with Crippen molar-refractivity contribution in [2.75, 3.05) is 6.61 Å². The van der Waals surface area contributed by atoms with E-state index in [1.165, 1.54) is 0 Å². The molecule has 3 rings (SSSR count). The van der Waals surface area contributed by atoms with E-state index in [9.17, 15) is 9.90 Å². The molecule has 0 spiro atoms. The van der Waals surface area contributed by atoms with Gasteiger partial charge in [0.05, 0.1) is 5.52 Å². The van der Waals surface area contributed by atoms with Crippen molar-refractivity contribution in [3.05, 3.63) is 66.2 Å². The number of carbonyl (C=O) groups is 1. The molecule has 1 aromatic heterocycles. The monoisotopic (exact) mass is 363 g/mol. The number of para-hydroxylation sites is 2. The molecule has 6 heteroatoms. The lowest BCUT2D eigenvalue weighted by molar-refractivity contribution is -0.120. The SMILES string of the molecule is C=CCn1c(O)c(N=NC(=O)COc2c(C)cccc2C)c2ccccc21. The molecule has 27 heavy (non-hydrogen) atoms. The minimum atomic E-state index is -0.530. The molecule has 0 saturated carbocycles. The van der Waals surface area contributed by atoms with Crippen molar-refractivity contribution >= 4 is 22.5 Å². The average molecular weight is 363 g/mol. The van der Waals surface area contributed by atoms with Gasteiger partial charge in [0.2, 0.25) is 5.88 Å². The molecular weight excluding hydrogens is 342 g/mol. The average Bonchev–Trinajstić information content (AvgIpc) is 2.92. The Morgan fingerprint density at radius 2 is 1.89 bits per heavy atom. The summed E-state index contributed by atoms with van der Waals surface area (Å²) in [5, 5.41) is 18.9. The van der Waals surface area contributed by atoms with Crippen LogP contribution in [0.5, 0.6) is 11.6 Å². The Balaban J connectivity index is 1.81. The molecular formula is C21H21N3O3. The molecule has 1 N–H and O–H groups in total. The number of azo groups is 1. The molecule has 6 nitrogen and oxygen atoms in total. The molecule has 2 aromatic carbocycles. The van der Waals surface area contributed by atoms with Crippen molar-refractivity contribution in [1.29, 1.82) is 0 Å². The van der Waals surface area contributed by atoms with Crippen molar-refractivity contribution in [1.82, 2.24) is 4.57 Å². The third-order valence-electron chi connectivity index (χ3n) is 4.24. The predicted octanol–water partition coefficient (Wildman–Crippen LogP) is 4.84. The molecule has 0 aliphatic heterocycles. The van der Waals surface area contributed by atoms with E-state index in [0.29, 0.717) is 17.7 Å². The first-order valence-electron chi connectivity index (χ1n) is 8.57. The van der Waals surface area contributed by atoms with Gasteiger partial charge in [-0.05, 0) is 31.0 Å². The minimum Gasteiger partial charge on any atom is -0.493 e. The molecule has 138 valence electrons. The maximum atomic E-state index is 12.1. The smallest absolute Gasteiger partial charge is 0.302 e. The van der Waals surface area contributed by atoms with Crippen LogP contribution in [0.25, 0.3) is 10.9 Å². The summed E-state index contributed by atoms with van der Waals surface area (Å²) in [7, 11) is 0. The van der Waals surface area contributed by atoms with E-state index < -0.39 is 5.91 Å². The summed E-state index contributed by atoms with van der Waals surface area (Å²) in [6.07, 6.45) is 1.68. The maximum absolute atomic E-state index is 12.1. The highest BCUT2D eigenvalue weighted by molar-refractivity contribution is 5.95. The lowest BCUT2D eigenvalue weighted by Crippen LogP contribution is -2.09. The Bertz CT molecular complexity index is 1010. The molecule has 0 unspecified atom stereocenters. The molecule has 0 saturated heterocycles. The zero-order valence-corrected chi connectivity index (χ0v) is 15.3. The Kier molecular flexibility index (Phi) is 5.35. The van der Waals surface area contributed by atoms with Gasteiger partial charge in [0.1, 0.15) is 5.75 Å². The first-order chi connectivity index (χ1) is 13.0. The number of ether oxygens (including phenoxy) is 1. The third kappa shape index (κ3) is 3.74. The largest absolute Gasteiger partial charge is 0.493 e. The maximum Gasteiger partial charge on any atom is 0.302 e.